The van der Waals surface area contributed by atoms with Gasteiger partial charge in [-0.3, -0.25) is 4.79 Å². The molecule has 0 radical (unpaired) electrons. The SMILES string of the molecule is COc1ccc(N2CCN(C(=O)c3cc(Cl)cs3)CC2)cc1. The van der Waals surface area contributed by atoms with Crippen molar-refractivity contribution in [3.8, 4) is 5.75 Å². The second kappa shape index (κ2) is 6.58. The summed E-state index contributed by atoms with van der Waals surface area (Å²) < 4.78 is 5.17. The highest BCUT2D eigenvalue weighted by molar-refractivity contribution is 7.12. The van der Waals surface area contributed by atoms with Gasteiger partial charge in [-0.25, -0.2) is 0 Å². The molecule has 116 valence electrons. The first-order valence-electron chi connectivity index (χ1n) is 7.09. The summed E-state index contributed by atoms with van der Waals surface area (Å²) in [4.78, 5) is 17.3. The lowest BCUT2D eigenvalue weighted by molar-refractivity contribution is 0.0751. The number of methoxy groups -OCH3 is 1. The van der Waals surface area contributed by atoms with Crippen molar-refractivity contribution < 1.29 is 9.53 Å². The van der Waals surface area contributed by atoms with E-state index in [1.807, 2.05) is 17.0 Å². The van der Waals surface area contributed by atoms with Crippen LogP contribution in [0.2, 0.25) is 5.02 Å². The number of benzene rings is 1. The van der Waals surface area contributed by atoms with Crippen molar-refractivity contribution in [2.24, 2.45) is 0 Å². The second-order valence-electron chi connectivity index (χ2n) is 5.11. The standard InChI is InChI=1S/C16H17ClN2O2S/c1-21-14-4-2-13(3-5-14)18-6-8-19(9-7-18)16(20)15-10-12(17)11-22-15/h2-5,10-11H,6-9H2,1H3. The summed E-state index contributed by atoms with van der Waals surface area (Å²) in [6.07, 6.45) is 0. The average molecular weight is 337 g/mol. The third-order valence-electron chi connectivity index (χ3n) is 3.78. The van der Waals surface area contributed by atoms with Crippen LogP contribution >= 0.6 is 22.9 Å². The first kappa shape index (κ1) is 15.2. The lowest BCUT2D eigenvalue weighted by atomic mass is 10.2. The van der Waals surface area contributed by atoms with Crippen molar-refractivity contribution in [2.45, 2.75) is 0 Å². The summed E-state index contributed by atoms with van der Waals surface area (Å²) >= 11 is 7.29. The number of halogens is 1. The average Bonchev–Trinajstić information content (AvgIpc) is 3.01. The van der Waals surface area contributed by atoms with E-state index in [1.165, 1.54) is 11.3 Å². The predicted molar refractivity (Wildman–Crippen MR) is 90.4 cm³/mol. The van der Waals surface area contributed by atoms with Gasteiger partial charge in [0.25, 0.3) is 5.91 Å². The molecule has 1 saturated heterocycles. The quantitative estimate of drug-likeness (QED) is 0.861. The number of carbonyl (C=O) groups excluding carboxylic acids is 1. The van der Waals surface area contributed by atoms with Crippen molar-refractivity contribution in [3.63, 3.8) is 0 Å². The Morgan fingerprint density at radius 1 is 1.18 bits per heavy atom. The Balaban J connectivity index is 1.61. The van der Waals surface area contributed by atoms with E-state index in [0.29, 0.717) is 9.90 Å². The monoisotopic (exact) mass is 336 g/mol. The van der Waals surface area contributed by atoms with Crippen molar-refractivity contribution >= 4 is 34.5 Å². The third kappa shape index (κ3) is 3.20. The Kier molecular flexibility index (Phi) is 4.55. The molecule has 3 rings (SSSR count). The zero-order valence-electron chi connectivity index (χ0n) is 12.3. The van der Waals surface area contributed by atoms with Gasteiger partial charge in [0.2, 0.25) is 0 Å². The molecule has 0 bridgehead atoms. The Labute approximate surface area is 138 Å². The number of thiophene rings is 1. The van der Waals surface area contributed by atoms with Crippen LogP contribution < -0.4 is 9.64 Å². The van der Waals surface area contributed by atoms with Crippen LogP contribution in [-0.4, -0.2) is 44.1 Å². The van der Waals surface area contributed by atoms with Gasteiger partial charge in [-0.1, -0.05) is 11.6 Å². The summed E-state index contributed by atoms with van der Waals surface area (Å²) in [6.45, 7) is 3.11. The van der Waals surface area contributed by atoms with E-state index in [9.17, 15) is 4.79 Å². The molecular weight excluding hydrogens is 320 g/mol. The maximum Gasteiger partial charge on any atom is 0.264 e. The van der Waals surface area contributed by atoms with Gasteiger partial charge < -0.3 is 14.5 Å². The van der Waals surface area contributed by atoms with Crippen molar-refractivity contribution in [2.75, 3.05) is 38.2 Å². The van der Waals surface area contributed by atoms with Gasteiger partial charge in [-0.2, -0.15) is 0 Å². The molecule has 4 nitrogen and oxygen atoms in total. The van der Waals surface area contributed by atoms with Gasteiger partial charge in [0.15, 0.2) is 0 Å². The number of anilines is 1. The van der Waals surface area contributed by atoms with E-state index >= 15 is 0 Å². The molecule has 0 unspecified atom stereocenters. The van der Waals surface area contributed by atoms with Crippen LogP contribution in [0.5, 0.6) is 5.75 Å². The van der Waals surface area contributed by atoms with Crippen LogP contribution in [0, 0.1) is 0 Å². The van der Waals surface area contributed by atoms with Crippen LogP contribution in [-0.2, 0) is 0 Å². The molecule has 0 N–H and O–H groups in total. The molecule has 1 amide bonds. The summed E-state index contributed by atoms with van der Waals surface area (Å²) in [5, 5.41) is 2.42. The van der Waals surface area contributed by atoms with E-state index in [4.69, 9.17) is 16.3 Å². The zero-order chi connectivity index (χ0) is 15.5. The van der Waals surface area contributed by atoms with E-state index in [0.717, 1.165) is 37.6 Å². The van der Waals surface area contributed by atoms with E-state index in [1.54, 1.807) is 18.6 Å². The summed E-state index contributed by atoms with van der Waals surface area (Å²) in [7, 11) is 1.66. The Morgan fingerprint density at radius 2 is 1.86 bits per heavy atom. The number of carbonyl (C=O) groups is 1. The minimum absolute atomic E-state index is 0.0753. The molecular formula is C16H17ClN2O2S. The van der Waals surface area contributed by atoms with Crippen LogP contribution in [0.25, 0.3) is 0 Å². The minimum Gasteiger partial charge on any atom is -0.497 e. The van der Waals surface area contributed by atoms with E-state index in [-0.39, 0.29) is 5.91 Å². The van der Waals surface area contributed by atoms with Crippen molar-refractivity contribution in [1.29, 1.82) is 0 Å². The molecule has 1 fully saturated rings. The number of rotatable bonds is 3. The van der Waals surface area contributed by atoms with Crippen LogP contribution in [0.3, 0.4) is 0 Å². The summed E-state index contributed by atoms with van der Waals surface area (Å²) in [5.41, 5.74) is 1.16. The van der Waals surface area contributed by atoms with Gasteiger partial charge in [-0.05, 0) is 30.3 Å². The van der Waals surface area contributed by atoms with Gasteiger partial charge in [0.05, 0.1) is 17.0 Å². The number of hydrogen-bond acceptors (Lipinski definition) is 4. The maximum atomic E-state index is 12.4. The fourth-order valence-corrected chi connectivity index (χ4v) is 3.58. The van der Waals surface area contributed by atoms with Crippen LogP contribution in [0.1, 0.15) is 9.67 Å². The molecule has 0 aliphatic carbocycles. The van der Waals surface area contributed by atoms with Gasteiger partial charge in [0, 0.05) is 37.2 Å². The molecule has 0 saturated carbocycles. The number of amides is 1. The first-order valence-corrected chi connectivity index (χ1v) is 8.35. The van der Waals surface area contributed by atoms with Crippen LogP contribution in [0.4, 0.5) is 5.69 Å². The number of nitrogens with zero attached hydrogens (tertiary/aromatic N) is 2. The number of hydrogen-bond donors (Lipinski definition) is 0. The molecule has 6 heteroatoms. The van der Waals surface area contributed by atoms with Crippen molar-refractivity contribution in [1.82, 2.24) is 4.90 Å². The molecule has 0 atom stereocenters. The molecule has 22 heavy (non-hydrogen) atoms. The Hall–Kier alpha value is -1.72. The molecule has 1 aliphatic heterocycles. The smallest absolute Gasteiger partial charge is 0.264 e. The molecule has 1 aliphatic rings. The van der Waals surface area contributed by atoms with Gasteiger partial charge in [0.1, 0.15) is 5.75 Å². The lowest BCUT2D eigenvalue weighted by Gasteiger charge is -2.36. The number of piperazine rings is 1. The molecule has 0 spiro atoms. The third-order valence-corrected chi connectivity index (χ3v) is 5.05. The molecule has 1 aromatic heterocycles. The van der Waals surface area contributed by atoms with Gasteiger partial charge >= 0.3 is 0 Å². The van der Waals surface area contributed by atoms with Crippen LogP contribution in [0.15, 0.2) is 35.7 Å². The van der Waals surface area contributed by atoms with E-state index < -0.39 is 0 Å². The maximum absolute atomic E-state index is 12.4. The molecule has 2 heterocycles. The predicted octanol–water partition coefficient (Wildman–Crippen LogP) is 3.37. The van der Waals surface area contributed by atoms with Crippen molar-refractivity contribution in [3.05, 3.63) is 45.6 Å². The fourth-order valence-electron chi connectivity index (χ4n) is 2.54. The lowest BCUT2D eigenvalue weighted by Crippen LogP contribution is -2.48. The highest BCUT2D eigenvalue weighted by atomic mass is 35.5. The summed E-state index contributed by atoms with van der Waals surface area (Å²) in [5.74, 6) is 0.929. The fraction of sp³-hybridized carbons (Fsp3) is 0.312. The number of ether oxygens (including phenoxy) is 1. The topological polar surface area (TPSA) is 32.8 Å². The highest BCUT2D eigenvalue weighted by Crippen LogP contribution is 2.23. The second-order valence-corrected chi connectivity index (χ2v) is 6.45. The first-order chi connectivity index (χ1) is 10.7. The summed E-state index contributed by atoms with van der Waals surface area (Å²) in [6, 6.07) is 9.76. The van der Waals surface area contributed by atoms with E-state index in [2.05, 4.69) is 17.0 Å². The highest BCUT2D eigenvalue weighted by Gasteiger charge is 2.23. The Bertz CT molecular complexity index is 648. The zero-order valence-corrected chi connectivity index (χ0v) is 13.9. The normalized spacial score (nSPS) is 15.0. The van der Waals surface area contributed by atoms with Gasteiger partial charge in [-0.15, -0.1) is 11.3 Å². The largest absolute Gasteiger partial charge is 0.497 e. The Morgan fingerprint density at radius 3 is 2.41 bits per heavy atom. The molecule has 2 aromatic rings. The minimum atomic E-state index is 0.0753. The molecule has 1 aromatic carbocycles.